The maximum absolute atomic E-state index is 6.25. The Bertz CT molecular complexity index is 374. The zero-order valence-corrected chi connectivity index (χ0v) is 11.9. The molecule has 0 spiro atoms. The largest absolute Gasteiger partial charge is 0.378 e. The smallest absolute Gasteiger partial charge is 0.0834 e. The summed E-state index contributed by atoms with van der Waals surface area (Å²) in [4.78, 5) is 0. The van der Waals surface area contributed by atoms with Gasteiger partial charge >= 0.3 is 0 Å². The van der Waals surface area contributed by atoms with Crippen LogP contribution in [0.1, 0.15) is 44.3 Å². The molecular formula is C13H22ClN3O. The normalized spacial score (nSPS) is 22.1. The molecule has 1 aromatic heterocycles. The van der Waals surface area contributed by atoms with Gasteiger partial charge < -0.3 is 10.1 Å². The van der Waals surface area contributed by atoms with Crippen molar-refractivity contribution in [2.75, 3.05) is 13.7 Å². The molecule has 0 aromatic carbocycles. The van der Waals surface area contributed by atoms with Crippen LogP contribution in [0.5, 0.6) is 0 Å². The van der Waals surface area contributed by atoms with Crippen molar-refractivity contribution in [3.05, 3.63) is 16.9 Å². The van der Waals surface area contributed by atoms with Crippen molar-refractivity contribution < 1.29 is 4.74 Å². The van der Waals surface area contributed by atoms with Gasteiger partial charge in [-0.3, -0.25) is 4.68 Å². The Morgan fingerprint density at radius 1 is 1.61 bits per heavy atom. The number of nitrogens with zero attached hydrogens (tertiary/aromatic N) is 2. The average Bonchev–Trinajstić information content (AvgIpc) is 2.78. The fourth-order valence-electron chi connectivity index (χ4n) is 2.59. The first kappa shape index (κ1) is 13.8. The summed E-state index contributed by atoms with van der Waals surface area (Å²) in [5.41, 5.74) is 1.08. The molecule has 1 aromatic rings. The van der Waals surface area contributed by atoms with Crippen molar-refractivity contribution in [1.29, 1.82) is 0 Å². The topological polar surface area (TPSA) is 39.1 Å². The monoisotopic (exact) mass is 271 g/mol. The molecule has 0 bridgehead atoms. The Hall–Kier alpha value is -0.580. The molecule has 102 valence electrons. The number of hydrogen-bond donors (Lipinski definition) is 1. The average molecular weight is 272 g/mol. The summed E-state index contributed by atoms with van der Waals surface area (Å²) in [6, 6.07) is 0.211. The van der Waals surface area contributed by atoms with Gasteiger partial charge in [0, 0.05) is 13.2 Å². The van der Waals surface area contributed by atoms with Gasteiger partial charge in [-0.05, 0) is 39.7 Å². The van der Waals surface area contributed by atoms with Crippen LogP contribution < -0.4 is 5.32 Å². The Balaban J connectivity index is 2.09. The van der Waals surface area contributed by atoms with Crippen LogP contribution in [0.25, 0.3) is 0 Å². The number of ether oxygens (including phenoxy) is 1. The minimum absolute atomic E-state index is 0.211. The Kier molecular flexibility index (Phi) is 5.03. The zero-order chi connectivity index (χ0) is 13.0. The molecule has 1 aliphatic rings. The van der Waals surface area contributed by atoms with Gasteiger partial charge in [-0.1, -0.05) is 11.6 Å². The molecule has 4 nitrogen and oxygen atoms in total. The van der Waals surface area contributed by atoms with Crippen LogP contribution in [0, 0.1) is 0 Å². The minimum Gasteiger partial charge on any atom is -0.378 e. The third kappa shape index (κ3) is 3.05. The first-order chi connectivity index (χ1) is 8.76. The lowest BCUT2D eigenvalue weighted by Crippen LogP contribution is -2.28. The van der Waals surface area contributed by atoms with Crippen molar-refractivity contribution in [3.63, 3.8) is 0 Å². The molecule has 1 saturated heterocycles. The van der Waals surface area contributed by atoms with E-state index in [-0.39, 0.29) is 6.04 Å². The van der Waals surface area contributed by atoms with E-state index < -0.39 is 0 Å². The van der Waals surface area contributed by atoms with Gasteiger partial charge in [0.1, 0.15) is 0 Å². The second-order valence-corrected chi connectivity index (χ2v) is 5.17. The highest BCUT2D eigenvalue weighted by Crippen LogP contribution is 2.29. The van der Waals surface area contributed by atoms with Crippen molar-refractivity contribution in [3.8, 4) is 0 Å². The summed E-state index contributed by atoms with van der Waals surface area (Å²) in [6.45, 7) is 3.81. The molecule has 18 heavy (non-hydrogen) atoms. The standard InChI is InChI=1S/C13H22ClN3O/c1-3-17-13(11(14)9-16-17)12(15-2)8-10-6-4-5-7-18-10/h9-10,12,15H,3-8H2,1-2H3. The van der Waals surface area contributed by atoms with Crippen molar-refractivity contribution in [2.24, 2.45) is 0 Å². The first-order valence-corrected chi connectivity index (χ1v) is 7.14. The third-order valence-electron chi connectivity index (χ3n) is 3.58. The van der Waals surface area contributed by atoms with Crippen molar-refractivity contribution in [1.82, 2.24) is 15.1 Å². The highest BCUT2D eigenvalue weighted by atomic mass is 35.5. The molecule has 2 atom stereocenters. The van der Waals surface area contributed by atoms with Crippen molar-refractivity contribution >= 4 is 11.6 Å². The maximum Gasteiger partial charge on any atom is 0.0834 e. The van der Waals surface area contributed by atoms with Crippen molar-refractivity contribution in [2.45, 2.75) is 51.3 Å². The lowest BCUT2D eigenvalue weighted by Gasteiger charge is -2.27. The van der Waals surface area contributed by atoms with Gasteiger partial charge in [0.15, 0.2) is 0 Å². The Morgan fingerprint density at radius 3 is 3.06 bits per heavy atom. The zero-order valence-electron chi connectivity index (χ0n) is 11.2. The second kappa shape index (κ2) is 6.55. The molecule has 0 radical (unpaired) electrons. The number of aromatic nitrogens is 2. The van der Waals surface area contributed by atoms with Gasteiger partial charge in [0.05, 0.1) is 29.1 Å². The van der Waals surface area contributed by atoms with Gasteiger partial charge in [0.2, 0.25) is 0 Å². The van der Waals surface area contributed by atoms with E-state index in [9.17, 15) is 0 Å². The summed E-state index contributed by atoms with van der Waals surface area (Å²) < 4.78 is 7.77. The summed E-state index contributed by atoms with van der Waals surface area (Å²) in [5, 5.41) is 8.38. The molecule has 1 N–H and O–H groups in total. The fraction of sp³-hybridized carbons (Fsp3) is 0.769. The molecule has 0 amide bonds. The lowest BCUT2D eigenvalue weighted by molar-refractivity contribution is 0.00499. The number of rotatable bonds is 5. The number of hydrogen-bond acceptors (Lipinski definition) is 3. The molecule has 5 heteroatoms. The molecule has 2 unspecified atom stereocenters. The SMILES string of the molecule is CCn1ncc(Cl)c1C(CC1CCCCO1)NC. The van der Waals surface area contributed by atoms with E-state index >= 15 is 0 Å². The highest BCUT2D eigenvalue weighted by molar-refractivity contribution is 6.31. The summed E-state index contributed by atoms with van der Waals surface area (Å²) in [5.74, 6) is 0. The van der Waals surface area contributed by atoms with Crippen LogP contribution in [0.2, 0.25) is 5.02 Å². The molecular weight excluding hydrogens is 250 g/mol. The third-order valence-corrected chi connectivity index (χ3v) is 3.88. The van der Waals surface area contributed by atoms with Gasteiger partial charge in [-0.25, -0.2) is 0 Å². The predicted molar refractivity (Wildman–Crippen MR) is 72.9 cm³/mol. The van der Waals surface area contributed by atoms with Crippen LogP contribution in [0.15, 0.2) is 6.20 Å². The first-order valence-electron chi connectivity index (χ1n) is 6.76. The van der Waals surface area contributed by atoms with Crippen LogP contribution in [-0.2, 0) is 11.3 Å². The van der Waals surface area contributed by atoms with Gasteiger partial charge in [-0.15, -0.1) is 0 Å². The summed E-state index contributed by atoms with van der Waals surface area (Å²) in [7, 11) is 1.97. The number of nitrogens with one attached hydrogen (secondary N) is 1. The van der Waals surface area contributed by atoms with Gasteiger partial charge in [-0.2, -0.15) is 5.10 Å². The van der Waals surface area contributed by atoms with E-state index in [2.05, 4.69) is 17.3 Å². The number of halogens is 1. The molecule has 1 aliphatic heterocycles. The minimum atomic E-state index is 0.211. The van der Waals surface area contributed by atoms with Crippen LogP contribution in [0.3, 0.4) is 0 Å². The lowest BCUT2D eigenvalue weighted by atomic mass is 10.00. The van der Waals surface area contributed by atoms with E-state index in [1.807, 2.05) is 11.7 Å². The summed E-state index contributed by atoms with van der Waals surface area (Å²) in [6.07, 6.45) is 6.63. The maximum atomic E-state index is 6.25. The van der Waals surface area contributed by atoms with E-state index in [0.717, 1.165) is 36.7 Å². The molecule has 1 fully saturated rings. The second-order valence-electron chi connectivity index (χ2n) is 4.76. The van der Waals surface area contributed by atoms with E-state index in [4.69, 9.17) is 16.3 Å². The Labute approximate surface area is 114 Å². The van der Waals surface area contributed by atoms with Gasteiger partial charge in [0.25, 0.3) is 0 Å². The molecule has 0 saturated carbocycles. The van der Waals surface area contributed by atoms with Crippen LogP contribution in [-0.4, -0.2) is 29.5 Å². The fourth-order valence-corrected chi connectivity index (χ4v) is 2.87. The van der Waals surface area contributed by atoms with Crippen LogP contribution in [0.4, 0.5) is 0 Å². The predicted octanol–water partition coefficient (Wildman–Crippen LogP) is 2.78. The molecule has 2 heterocycles. The van der Waals surface area contributed by atoms with E-state index in [1.54, 1.807) is 6.20 Å². The Morgan fingerprint density at radius 2 is 2.44 bits per heavy atom. The van der Waals surface area contributed by atoms with Crippen LogP contribution >= 0.6 is 11.6 Å². The summed E-state index contributed by atoms with van der Waals surface area (Å²) >= 11 is 6.25. The quantitative estimate of drug-likeness (QED) is 0.895. The van der Waals surface area contributed by atoms with E-state index in [1.165, 1.54) is 12.8 Å². The highest BCUT2D eigenvalue weighted by Gasteiger charge is 2.24. The van der Waals surface area contributed by atoms with E-state index in [0.29, 0.717) is 6.10 Å². The molecule has 2 rings (SSSR count). The number of aryl methyl sites for hydroxylation is 1. The molecule has 0 aliphatic carbocycles.